The van der Waals surface area contributed by atoms with Gasteiger partial charge in [0.15, 0.2) is 0 Å². The molecule has 0 unspecified atom stereocenters. The van der Waals surface area contributed by atoms with Crippen molar-refractivity contribution >= 4 is 23.2 Å². The lowest BCUT2D eigenvalue weighted by Crippen LogP contribution is -2.45. The van der Waals surface area contributed by atoms with Crippen LogP contribution in [0.3, 0.4) is 0 Å². The van der Waals surface area contributed by atoms with Gasteiger partial charge in [-0.15, -0.1) is 0 Å². The van der Waals surface area contributed by atoms with Crippen molar-refractivity contribution in [3.05, 3.63) is 33.6 Å². The lowest BCUT2D eigenvalue weighted by molar-refractivity contribution is 0.152. The molecule has 0 saturated carbocycles. The predicted octanol–water partition coefficient (Wildman–Crippen LogP) is 2.85. The summed E-state index contributed by atoms with van der Waals surface area (Å²) in [5.74, 6) is -0.444. The van der Waals surface area contributed by atoms with Crippen molar-refractivity contribution in [1.29, 1.82) is 0 Å². The Hall–Kier alpha value is -0.390. The summed E-state index contributed by atoms with van der Waals surface area (Å²) >= 11 is 12.1. The van der Waals surface area contributed by atoms with Crippen molar-refractivity contribution in [1.82, 2.24) is 10.2 Å². The maximum absolute atomic E-state index is 14.4. The molecule has 2 rings (SSSR count). The molecule has 112 valence electrons. The third-order valence-corrected chi connectivity index (χ3v) is 4.26. The molecular weight excluding hydrogens is 302 g/mol. The average Bonchev–Trinajstić information content (AvgIpc) is 2.47. The Morgan fingerprint density at radius 1 is 1.25 bits per heavy atom. The molecule has 1 heterocycles. The van der Waals surface area contributed by atoms with E-state index in [0.29, 0.717) is 23.4 Å². The summed E-state index contributed by atoms with van der Waals surface area (Å²) in [5, 5.41) is 12.8. The summed E-state index contributed by atoms with van der Waals surface area (Å²) in [5.41, 5.74) is 0.453. The number of aliphatic hydroxyl groups is 1. The van der Waals surface area contributed by atoms with E-state index in [0.717, 1.165) is 26.2 Å². The molecular formula is C14H19Cl2FN2O. The van der Waals surface area contributed by atoms with Gasteiger partial charge in [-0.2, -0.15) is 0 Å². The first kappa shape index (κ1) is 16.0. The first-order valence-electron chi connectivity index (χ1n) is 6.84. The number of rotatable bonds is 5. The molecule has 0 bridgehead atoms. The SMILES string of the molecule is OCCC[C@H](c1c(Cl)ccc(Cl)c1F)N1CCNCC1. The van der Waals surface area contributed by atoms with Crippen LogP contribution in [0.1, 0.15) is 24.4 Å². The molecule has 1 aromatic carbocycles. The Kier molecular flexibility index (Phi) is 6.05. The van der Waals surface area contributed by atoms with E-state index >= 15 is 0 Å². The number of halogens is 3. The minimum atomic E-state index is -0.444. The highest BCUT2D eigenvalue weighted by molar-refractivity contribution is 6.33. The van der Waals surface area contributed by atoms with Crippen LogP contribution in [0.4, 0.5) is 4.39 Å². The number of benzene rings is 1. The van der Waals surface area contributed by atoms with Gasteiger partial charge in [0.05, 0.1) is 5.02 Å². The molecule has 0 amide bonds. The van der Waals surface area contributed by atoms with Crippen LogP contribution in [-0.4, -0.2) is 42.8 Å². The molecule has 1 atom stereocenters. The average molecular weight is 321 g/mol. The van der Waals surface area contributed by atoms with Gasteiger partial charge in [-0.25, -0.2) is 4.39 Å². The van der Waals surface area contributed by atoms with Crippen molar-refractivity contribution in [2.45, 2.75) is 18.9 Å². The third kappa shape index (κ3) is 3.62. The van der Waals surface area contributed by atoms with Crippen LogP contribution in [-0.2, 0) is 0 Å². The second-order valence-corrected chi connectivity index (χ2v) is 5.74. The van der Waals surface area contributed by atoms with E-state index in [1.54, 1.807) is 6.07 Å². The number of piperazine rings is 1. The third-order valence-electron chi connectivity index (χ3n) is 3.64. The van der Waals surface area contributed by atoms with Crippen molar-refractivity contribution in [2.75, 3.05) is 32.8 Å². The van der Waals surface area contributed by atoms with Crippen LogP contribution in [0.25, 0.3) is 0 Å². The summed E-state index contributed by atoms with van der Waals surface area (Å²) in [6, 6.07) is 2.97. The van der Waals surface area contributed by atoms with Crippen LogP contribution >= 0.6 is 23.2 Å². The Morgan fingerprint density at radius 3 is 2.55 bits per heavy atom. The van der Waals surface area contributed by atoms with Crippen molar-refractivity contribution in [2.24, 2.45) is 0 Å². The minimum Gasteiger partial charge on any atom is -0.396 e. The fourth-order valence-electron chi connectivity index (χ4n) is 2.64. The molecule has 2 N–H and O–H groups in total. The Bertz CT molecular complexity index is 453. The van der Waals surface area contributed by atoms with E-state index in [1.165, 1.54) is 6.07 Å². The van der Waals surface area contributed by atoms with Gasteiger partial charge in [0, 0.05) is 49.4 Å². The Morgan fingerprint density at radius 2 is 1.90 bits per heavy atom. The van der Waals surface area contributed by atoms with Gasteiger partial charge in [-0.1, -0.05) is 23.2 Å². The molecule has 1 aliphatic heterocycles. The zero-order chi connectivity index (χ0) is 14.5. The largest absolute Gasteiger partial charge is 0.396 e. The summed E-state index contributed by atoms with van der Waals surface area (Å²) < 4.78 is 14.4. The highest BCUT2D eigenvalue weighted by Gasteiger charge is 2.27. The second-order valence-electron chi connectivity index (χ2n) is 4.92. The van der Waals surface area contributed by atoms with Crippen molar-refractivity contribution < 1.29 is 9.50 Å². The fourth-order valence-corrected chi connectivity index (χ4v) is 3.07. The molecule has 1 fully saturated rings. The van der Waals surface area contributed by atoms with E-state index in [2.05, 4.69) is 10.2 Å². The molecule has 20 heavy (non-hydrogen) atoms. The maximum atomic E-state index is 14.4. The normalized spacial score (nSPS) is 18.2. The molecule has 1 aromatic rings. The van der Waals surface area contributed by atoms with Crippen molar-refractivity contribution in [3.8, 4) is 0 Å². The quantitative estimate of drug-likeness (QED) is 0.819. The van der Waals surface area contributed by atoms with E-state index in [1.807, 2.05) is 0 Å². The second kappa shape index (κ2) is 7.57. The number of hydrogen-bond donors (Lipinski definition) is 2. The standard InChI is InChI=1S/C14H19Cl2FN2O/c15-10-3-4-11(16)14(17)13(10)12(2-1-9-20)19-7-5-18-6-8-19/h3-4,12,18,20H,1-2,5-9H2/t12-/m1/s1. The Labute approximate surface area is 128 Å². The van der Waals surface area contributed by atoms with Gasteiger partial charge in [-0.05, 0) is 25.0 Å². The predicted molar refractivity (Wildman–Crippen MR) is 79.9 cm³/mol. The number of nitrogens with zero attached hydrogens (tertiary/aromatic N) is 1. The van der Waals surface area contributed by atoms with Crippen LogP contribution in [0.15, 0.2) is 12.1 Å². The highest BCUT2D eigenvalue weighted by atomic mass is 35.5. The molecule has 3 nitrogen and oxygen atoms in total. The summed E-state index contributed by atoms with van der Waals surface area (Å²) in [4.78, 5) is 2.20. The van der Waals surface area contributed by atoms with E-state index < -0.39 is 5.82 Å². The fraction of sp³-hybridized carbons (Fsp3) is 0.571. The van der Waals surface area contributed by atoms with Crippen molar-refractivity contribution in [3.63, 3.8) is 0 Å². The highest BCUT2D eigenvalue weighted by Crippen LogP contribution is 2.36. The first-order chi connectivity index (χ1) is 9.65. The van der Waals surface area contributed by atoms with Gasteiger partial charge in [0.1, 0.15) is 5.82 Å². The van der Waals surface area contributed by atoms with Crippen LogP contribution in [0, 0.1) is 5.82 Å². The zero-order valence-electron chi connectivity index (χ0n) is 11.2. The topological polar surface area (TPSA) is 35.5 Å². The van der Waals surface area contributed by atoms with Crippen LogP contribution in [0.5, 0.6) is 0 Å². The molecule has 1 aliphatic rings. The first-order valence-corrected chi connectivity index (χ1v) is 7.59. The lowest BCUT2D eigenvalue weighted by Gasteiger charge is -2.36. The molecule has 6 heteroatoms. The number of aliphatic hydroxyl groups excluding tert-OH is 1. The van der Waals surface area contributed by atoms with E-state index in [9.17, 15) is 4.39 Å². The smallest absolute Gasteiger partial charge is 0.148 e. The van der Waals surface area contributed by atoms with E-state index in [4.69, 9.17) is 28.3 Å². The maximum Gasteiger partial charge on any atom is 0.148 e. The van der Waals surface area contributed by atoms with Gasteiger partial charge in [0.25, 0.3) is 0 Å². The Balaban J connectivity index is 2.32. The number of hydrogen-bond acceptors (Lipinski definition) is 3. The van der Waals surface area contributed by atoms with Crippen LogP contribution in [0.2, 0.25) is 10.0 Å². The number of nitrogens with one attached hydrogen (secondary N) is 1. The molecule has 0 radical (unpaired) electrons. The summed E-state index contributed by atoms with van der Waals surface area (Å²) in [6.07, 6.45) is 1.27. The summed E-state index contributed by atoms with van der Waals surface area (Å²) in [7, 11) is 0. The van der Waals surface area contributed by atoms with Gasteiger partial charge >= 0.3 is 0 Å². The molecule has 1 saturated heterocycles. The molecule has 0 aliphatic carbocycles. The zero-order valence-corrected chi connectivity index (χ0v) is 12.7. The lowest BCUT2D eigenvalue weighted by atomic mass is 9.99. The van der Waals surface area contributed by atoms with Gasteiger partial charge in [0.2, 0.25) is 0 Å². The van der Waals surface area contributed by atoms with Gasteiger partial charge < -0.3 is 10.4 Å². The van der Waals surface area contributed by atoms with E-state index in [-0.39, 0.29) is 17.7 Å². The minimum absolute atomic E-state index is 0.0857. The summed E-state index contributed by atoms with van der Waals surface area (Å²) in [6.45, 7) is 3.49. The monoisotopic (exact) mass is 320 g/mol. The van der Waals surface area contributed by atoms with Crippen LogP contribution < -0.4 is 5.32 Å². The van der Waals surface area contributed by atoms with Gasteiger partial charge in [-0.3, -0.25) is 4.90 Å². The molecule has 0 aromatic heterocycles. The molecule has 0 spiro atoms.